The number of anilines is 1. The lowest BCUT2D eigenvalue weighted by Crippen LogP contribution is -2.36. The highest BCUT2D eigenvalue weighted by molar-refractivity contribution is 5.95. The van der Waals surface area contributed by atoms with Crippen molar-refractivity contribution in [1.29, 1.82) is 0 Å². The van der Waals surface area contributed by atoms with Gasteiger partial charge in [0.1, 0.15) is 5.75 Å². The van der Waals surface area contributed by atoms with E-state index in [1.165, 1.54) is 0 Å². The first-order valence-corrected chi connectivity index (χ1v) is 9.10. The minimum absolute atomic E-state index is 0.0840. The van der Waals surface area contributed by atoms with Crippen molar-refractivity contribution in [2.24, 2.45) is 0 Å². The van der Waals surface area contributed by atoms with E-state index in [9.17, 15) is 9.90 Å². The highest BCUT2D eigenvalue weighted by atomic mass is 16.5. The van der Waals surface area contributed by atoms with E-state index in [1.54, 1.807) is 23.1 Å². The molecule has 4 rings (SSSR count). The minimum Gasteiger partial charge on any atom is -0.497 e. The third-order valence-corrected chi connectivity index (χ3v) is 5.02. The van der Waals surface area contributed by atoms with Crippen LogP contribution >= 0.6 is 0 Å². The van der Waals surface area contributed by atoms with Crippen molar-refractivity contribution in [3.05, 3.63) is 66.5 Å². The van der Waals surface area contributed by atoms with Crippen LogP contribution in [0.3, 0.4) is 0 Å². The number of nitrogens with one attached hydrogen (secondary N) is 1. The van der Waals surface area contributed by atoms with Crippen molar-refractivity contribution in [3.8, 4) is 16.9 Å². The number of methoxy groups -OCH3 is 1. The number of carbonyl (C=O) groups excluding carboxylic acids is 1. The Morgan fingerprint density at radius 1 is 1.21 bits per heavy atom. The number of H-pyrrole nitrogens is 1. The molecule has 1 fully saturated rings. The summed E-state index contributed by atoms with van der Waals surface area (Å²) in [6, 6.07) is 15.0. The molecule has 1 saturated heterocycles. The van der Waals surface area contributed by atoms with Gasteiger partial charge in [0.2, 0.25) is 0 Å². The van der Waals surface area contributed by atoms with Gasteiger partial charge in [-0.3, -0.25) is 10.00 Å². The normalized spacial score (nSPS) is 16.6. The van der Waals surface area contributed by atoms with Crippen LogP contribution in [0, 0.1) is 0 Å². The molecule has 1 atom stereocenters. The van der Waals surface area contributed by atoms with Gasteiger partial charge in [0.15, 0.2) is 0 Å². The maximum atomic E-state index is 13.0. The molecule has 0 saturated carbocycles. The summed E-state index contributed by atoms with van der Waals surface area (Å²) in [7, 11) is 1.62. The Kier molecular flexibility index (Phi) is 4.99. The summed E-state index contributed by atoms with van der Waals surface area (Å²) >= 11 is 0. The Morgan fingerprint density at radius 2 is 2.04 bits per heavy atom. The Labute approximate surface area is 163 Å². The molecule has 7 nitrogen and oxygen atoms in total. The highest BCUT2D eigenvalue weighted by Gasteiger charge is 2.37. The van der Waals surface area contributed by atoms with Gasteiger partial charge >= 0.3 is 6.03 Å². The minimum atomic E-state index is -0.257. The number of carbonyl (C=O) groups is 1. The van der Waals surface area contributed by atoms with Crippen molar-refractivity contribution >= 4 is 11.7 Å². The lowest BCUT2D eigenvalue weighted by Gasteiger charge is -2.22. The van der Waals surface area contributed by atoms with Crippen LogP contribution in [0.2, 0.25) is 0 Å². The van der Waals surface area contributed by atoms with E-state index in [2.05, 4.69) is 10.2 Å². The zero-order chi connectivity index (χ0) is 19.5. The number of hydrogen-bond acceptors (Lipinski definition) is 4. The predicted molar refractivity (Wildman–Crippen MR) is 106 cm³/mol. The predicted octanol–water partition coefficient (Wildman–Crippen LogP) is 2.89. The van der Waals surface area contributed by atoms with E-state index < -0.39 is 0 Å². The molecule has 0 spiro atoms. The zero-order valence-corrected chi connectivity index (χ0v) is 15.6. The standard InChI is InChI=1S/C21H22N4O3/c1-28-20-4-2-3-15(9-20)12-24-19(14-26)13-25(21(24)27)18-7-5-16(6-8-18)17-10-22-23-11-17/h2-11,19,26H,12-14H2,1H3,(H,22,23)/t19-/m1/s1. The van der Waals surface area contributed by atoms with E-state index in [-0.39, 0.29) is 18.7 Å². The van der Waals surface area contributed by atoms with E-state index in [0.29, 0.717) is 13.1 Å². The molecule has 2 aromatic carbocycles. The van der Waals surface area contributed by atoms with Gasteiger partial charge in [-0.2, -0.15) is 5.10 Å². The molecule has 3 aromatic rings. The van der Waals surface area contributed by atoms with Gasteiger partial charge in [-0.05, 0) is 35.4 Å². The van der Waals surface area contributed by atoms with Crippen molar-refractivity contribution in [2.75, 3.05) is 25.2 Å². The quantitative estimate of drug-likeness (QED) is 0.691. The molecule has 2 heterocycles. The lowest BCUT2D eigenvalue weighted by molar-refractivity contribution is 0.161. The lowest BCUT2D eigenvalue weighted by atomic mass is 10.1. The molecule has 1 aromatic heterocycles. The van der Waals surface area contributed by atoms with E-state index >= 15 is 0 Å². The van der Waals surface area contributed by atoms with Crippen molar-refractivity contribution in [3.63, 3.8) is 0 Å². The van der Waals surface area contributed by atoms with Crippen LogP contribution in [0.5, 0.6) is 5.75 Å². The second-order valence-corrected chi connectivity index (χ2v) is 6.74. The summed E-state index contributed by atoms with van der Waals surface area (Å²) in [4.78, 5) is 16.5. The molecule has 28 heavy (non-hydrogen) atoms. The fourth-order valence-corrected chi connectivity index (χ4v) is 3.48. The van der Waals surface area contributed by atoms with Gasteiger partial charge < -0.3 is 14.7 Å². The largest absolute Gasteiger partial charge is 0.497 e. The molecule has 1 aliphatic heterocycles. The maximum absolute atomic E-state index is 13.0. The summed E-state index contributed by atoms with van der Waals surface area (Å²) in [6.07, 6.45) is 3.58. The first-order chi connectivity index (χ1) is 13.7. The molecule has 0 radical (unpaired) electrons. The molecular weight excluding hydrogens is 356 g/mol. The van der Waals surface area contributed by atoms with Crippen LogP contribution in [-0.2, 0) is 6.54 Å². The Balaban J connectivity index is 1.54. The van der Waals surface area contributed by atoms with Gasteiger partial charge in [-0.25, -0.2) is 4.79 Å². The topological polar surface area (TPSA) is 81.7 Å². The molecule has 0 unspecified atom stereocenters. The molecule has 2 N–H and O–H groups in total. The average molecular weight is 378 g/mol. The number of benzene rings is 2. The number of nitrogens with zero attached hydrogens (tertiary/aromatic N) is 3. The second kappa shape index (κ2) is 7.74. The average Bonchev–Trinajstić information content (AvgIpc) is 3.38. The first kappa shape index (κ1) is 18.1. The molecule has 144 valence electrons. The molecule has 0 aliphatic carbocycles. The van der Waals surface area contributed by atoms with E-state index in [0.717, 1.165) is 28.1 Å². The number of aromatic nitrogens is 2. The Bertz CT molecular complexity index is 941. The van der Waals surface area contributed by atoms with Crippen molar-refractivity contribution < 1.29 is 14.6 Å². The number of rotatable bonds is 6. The molecule has 7 heteroatoms. The van der Waals surface area contributed by atoms with E-state index in [4.69, 9.17) is 4.74 Å². The fourth-order valence-electron chi connectivity index (χ4n) is 3.48. The second-order valence-electron chi connectivity index (χ2n) is 6.74. The van der Waals surface area contributed by atoms with Crippen LogP contribution in [0.1, 0.15) is 5.56 Å². The van der Waals surface area contributed by atoms with Gasteiger partial charge in [0.25, 0.3) is 0 Å². The highest BCUT2D eigenvalue weighted by Crippen LogP contribution is 2.28. The summed E-state index contributed by atoms with van der Waals surface area (Å²) in [5, 5.41) is 16.6. The SMILES string of the molecule is COc1cccc(CN2C(=O)N(c3ccc(-c4cn[nH]c4)cc3)C[C@@H]2CO)c1. The van der Waals surface area contributed by atoms with Crippen LogP contribution in [0.15, 0.2) is 60.9 Å². The third-order valence-electron chi connectivity index (χ3n) is 5.02. The zero-order valence-electron chi connectivity index (χ0n) is 15.6. The number of aromatic amines is 1. The monoisotopic (exact) mass is 378 g/mol. The molecule has 1 aliphatic rings. The summed E-state index contributed by atoms with van der Waals surface area (Å²) in [5.74, 6) is 0.747. The van der Waals surface area contributed by atoms with Gasteiger partial charge in [0.05, 0.1) is 32.5 Å². The fraction of sp³-hybridized carbons (Fsp3) is 0.238. The van der Waals surface area contributed by atoms with Gasteiger partial charge in [0, 0.05) is 24.0 Å². The Morgan fingerprint density at radius 3 is 2.71 bits per heavy atom. The first-order valence-electron chi connectivity index (χ1n) is 9.10. The third kappa shape index (κ3) is 3.44. The Hall–Kier alpha value is -3.32. The number of aliphatic hydroxyl groups is 1. The molecule has 2 amide bonds. The van der Waals surface area contributed by atoms with Crippen LogP contribution in [-0.4, -0.2) is 52.5 Å². The number of aliphatic hydroxyl groups excluding tert-OH is 1. The van der Waals surface area contributed by atoms with Gasteiger partial charge in [-0.1, -0.05) is 24.3 Å². The van der Waals surface area contributed by atoms with Gasteiger partial charge in [-0.15, -0.1) is 0 Å². The van der Waals surface area contributed by atoms with Crippen LogP contribution in [0.25, 0.3) is 11.1 Å². The van der Waals surface area contributed by atoms with E-state index in [1.807, 2.05) is 54.7 Å². The maximum Gasteiger partial charge on any atom is 0.325 e. The summed E-state index contributed by atoms with van der Waals surface area (Å²) in [6.45, 7) is 0.786. The summed E-state index contributed by atoms with van der Waals surface area (Å²) in [5.41, 5.74) is 3.79. The number of hydrogen-bond donors (Lipinski definition) is 2. The number of amides is 2. The molecular formula is C21H22N4O3. The number of ether oxygens (including phenoxy) is 1. The summed E-state index contributed by atoms with van der Waals surface area (Å²) < 4.78 is 5.26. The number of urea groups is 1. The van der Waals surface area contributed by atoms with Crippen molar-refractivity contribution in [1.82, 2.24) is 15.1 Å². The van der Waals surface area contributed by atoms with Crippen LogP contribution < -0.4 is 9.64 Å². The van der Waals surface area contributed by atoms with Crippen LogP contribution in [0.4, 0.5) is 10.5 Å². The molecule has 0 bridgehead atoms. The van der Waals surface area contributed by atoms with Crippen molar-refractivity contribution in [2.45, 2.75) is 12.6 Å². The smallest absolute Gasteiger partial charge is 0.325 e.